The Kier molecular flexibility index (Phi) is 2.77. The van der Waals surface area contributed by atoms with Crippen molar-refractivity contribution >= 4 is 12.6 Å². The van der Waals surface area contributed by atoms with E-state index < -0.39 is 0 Å². The summed E-state index contributed by atoms with van der Waals surface area (Å²) in [7, 11) is 1.87. The standard InChI is InChI=1S/C11H11FN2S/c1-14-11(6-10(7-15)13-14)8-2-4-9(12)5-3-8/h2-6,15H,7H2,1H3. The summed E-state index contributed by atoms with van der Waals surface area (Å²) in [6, 6.07) is 8.34. The average Bonchev–Trinajstić information content (AvgIpc) is 2.61. The Morgan fingerprint density at radius 2 is 2.00 bits per heavy atom. The first kappa shape index (κ1) is 10.2. The van der Waals surface area contributed by atoms with E-state index in [0.29, 0.717) is 5.75 Å². The molecule has 0 atom stereocenters. The summed E-state index contributed by atoms with van der Waals surface area (Å²) in [5.41, 5.74) is 2.85. The van der Waals surface area contributed by atoms with Crippen molar-refractivity contribution in [1.29, 1.82) is 0 Å². The highest BCUT2D eigenvalue weighted by Gasteiger charge is 2.06. The molecule has 0 fully saturated rings. The summed E-state index contributed by atoms with van der Waals surface area (Å²) in [6.45, 7) is 0. The van der Waals surface area contributed by atoms with E-state index >= 15 is 0 Å². The van der Waals surface area contributed by atoms with Crippen LogP contribution in [-0.4, -0.2) is 9.78 Å². The molecule has 1 heterocycles. The summed E-state index contributed by atoms with van der Waals surface area (Å²) in [4.78, 5) is 0. The second-order valence-corrected chi connectivity index (χ2v) is 3.63. The van der Waals surface area contributed by atoms with Crippen LogP contribution in [0.5, 0.6) is 0 Å². The molecule has 1 aromatic carbocycles. The third kappa shape index (κ3) is 2.04. The predicted octanol–water partition coefficient (Wildman–Crippen LogP) is 2.66. The maximum absolute atomic E-state index is 12.7. The number of halogens is 1. The molecule has 0 saturated carbocycles. The monoisotopic (exact) mass is 222 g/mol. The van der Waals surface area contributed by atoms with Crippen LogP contribution >= 0.6 is 12.6 Å². The van der Waals surface area contributed by atoms with Gasteiger partial charge in [-0.05, 0) is 35.9 Å². The molecule has 2 aromatic rings. The van der Waals surface area contributed by atoms with Gasteiger partial charge in [-0.25, -0.2) is 4.39 Å². The fourth-order valence-electron chi connectivity index (χ4n) is 1.49. The molecule has 4 heteroatoms. The lowest BCUT2D eigenvalue weighted by Gasteiger charge is -2.00. The van der Waals surface area contributed by atoms with Gasteiger partial charge in [-0.3, -0.25) is 4.68 Å². The molecular weight excluding hydrogens is 211 g/mol. The van der Waals surface area contributed by atoms with Gasteiger partial charge < -0.3 is 0 Å². The minimum absolute atomic E-state index is 0.227. The fraction of sp³-hybridized carbons (Fsp3) is 0.182. The topological polar surface area (TPSA) is 17.8 Å². The van der Waals surface area contributed by atoms with Crippen LogP contribution < -0.4 is 0 Å². The van der Waals surface area contributed by atoms with Gasteiger partial charge in [0.05, 0.1) is 11.4 Å². The summed E-state index contributed by atoms with van der Waals surface area (Å²) in [6.07, 6.45) is 0. The Morgan fingerprint density at radius 3 is 2.53 bits per heavy atom. The van der Waals surface area contributed by atoms with Crippen molar-refractivity contribution in [2.75, 3.05) is 0 Å². The van der Waals surface area contributed by atoms with Crippen molar-refractivity contribution in [2.45, 2.75) is 5.75 Å². The highest BCUT2D eigenvalue weighted by molar-refractivity contribution is 7.79. The number of nitrogens with zero attached hydrogens (tertiary/aromatic N) is 2. The van der Waals surface area contributed by atoms with Gasteiger partial charge in [0.15, 0.2) is 0 Å². The summed E-state index contributed by atoms with van der Waals surface area (Å²) in [5, 5.41) is 4.27. The highest BCUT2D eigenvalue weighted by Crippen LogP contribution is 2.20. The van der Waals surface area contributed by atoms with Crippen LogP contribution in [0.25, 0.3) is 11.3 Å². The Labute approximate surface area is 93.1 Å². The van der Waals surface area contributed by atoms with Crippen molar-refractivity contribution < 1.29 is 4.39 Å². The van der Waals surface area contributed by atoms with Crippen molar-refractivity contribution in [2.24, 2.45) is 7.05 Å². The number of benzene rings is 1. The number of thiol groups is 1. The van der Waals surface area contributed by atoms with Crippen LogP contribution in [0.4, 0.5) is 4.39 Å². The van der Waals surface area contributed by atoms with E-state index in [1.807, 2.05) is 13.1 Å². The molecule has 78 valence electrons. The molecule has 0 aliphatic heterocycles. The molecule has 0 saturated heterocycles. The molecular formula is C11H11FN2S. The minimum atomic E-state index is -0.227. The normalized spacial score (nSPS) is 10.6. The predicted molar refractivity (Wildman–Crippen MR) is 61.3 cm³/mol. The lowest BCUT2D eigenvalue weighted by molar-refractivity contribution is 0.628. The van der Waals surface area contributed by atoms with Crippen molar-refractivity contribution in [1.82, 2.24) is 9.78 Å². The summed E-state index contributed by atoms with van der Waals surface area (Å²) in [5.74, 6) is 0.380. The van der Waals surface area contributed by atoms with Gasteiger partial charge in [0.2, 0.25) is 0 Å². The number of hydrogen-bond donors (Lipinski definition) is 1. The van der Waals surface area contributed by atoms with Gasteiger partial charge in [-0.2, -0.15) is 17.7 Å². The van der Waals surface area contributed by atoms with Crippen LogP contribution in [-0.2, 0) is 12.8 Å². The van der Waals surface area contributed by atoms with Crippen LogP contribution in [0.15, 0.2) is 30.3 Å². The van der Waals surface area contributed by atoms with Crippen molar-refractivity contribution in [3.8, 4) is 11.3 Å². The third-order valence-corrected chi connectivity index (χ3v) is 2.56. The van der Waals surface area contributed by atoms with Crippen molar-refractivity contribution in [3.63, 3.8) is 0 Å². The largest absolute Gasteiger partial charge is 0.268 e. The van der Waals surface area contributed by atoms with Crippen LogP contribution in [0.1, 0.15) is 5.69 Å². The zero-order valence-electron chi connectivity index (χ0n) is 8.31. The van der Waals surface area contributed by atoms with Crippen molar-refractivity contribution in [3.05, 3.63) is 41.8 Å². The molecule has 0 spiro atoms. The van der Waals surface area contributed by atoms with E-state index in [-0.39, 0.29) is 5.82 Å². The van der Waals surface area contributed by atoms with Gasteiger partial charge in [0, 0.05) is 12.8 Å². The number of hydrogen-bond acceptors (Lipinski definition) is 2. The maximum Gasteiger partial charge on any atom is 0.123 e. The summed E-state index contributed by atoms with van der Waals surface area (Å²) < 4.78 is 14.5. The maximum atomic E-state index is 12.7. The smallest absolute Gasteiger partial charge is 0.123 e. The molecule has 2 nitrogen and oxygen atoms in total. The molecule has 0 bridgehead atoms. The first-order valence-electron chi connectivity index (χ1n) is 4.60. The van der Waals surface area contributed by atoms with Gasteiger partial charge in [0.1, 0.15) is 5.82 Å². The van der Waals surface area contributed by atoms with Crippen LogP contribution in [0, 0.1) is 5.82 Å². The van der Waals surface area contributed by atoms with Gasteiger partial charge >= 0.3 is 0 Å². The lowest BCUT2D eigenvalue weighted by atomic mass is 10.1. The second kappa shape index (κ2) is 4.06. The molecule has 0 aliphatic carbocycles. The van der Waals surface area contributed by atoms with E-state index in [2.05, 4.69) is 17.7 Å². The molecule has 15 heavy (non-hydrogen) atoms. The Bertz CT molecular complexity index is 462. The molecule has 2 rings (SSSR count). The second-order valence-electron chi connectivity index (χ2n) is 3.31. The molecule has 0 N–H and O–H groups in total. The number of rotatable bonds is 2. The lowest BCUT2D eigenvalue weighted by Crippen LogP contribution is -1.94. The van der Waals surface area contributed by atoms with E-state index in [4.69, 9.17) is 0 Å². The first-order chi connectivity index (χ1) is 7.20. The highest BCUT2D eigenvalue weighted by atomic mass is 32.1. The van der Waals surface area contributed by atoms with Gasteiger partial charge in [-0.1, -0.05) is 0 Å². The Morgan fingerprint density at radius 1 is 1.33 bits per heavy atom. The van der Waals surface area contributed by atoms with E-state index in [0.717, 1.165) is 17.0 Å². The number of aryl methyl sites for hydroxylation is 1. The molecule has 0 unspecified atom stereocenters. The summed E-state index contributed by atoms with van der Waals surface area (Å²) >= 11 is 4.16. The Hall–Kier alpha value is -1.29. The third-order valence-electron chi connectivity index (χ3n) is 2.23. The van der Waals surface area contributed by atoms with E-state index in [1.165, 1.54) is 12.1 Å². The molecule has 0 amide bonds. The molecule has 1 aromatic heterocycles. The van der Waals surface area contributed by atoms with Gasteiger partial charge in [-0.15, -0.1) is 0 Å². The SMILES string of the molecule is Cn1nc(CS)cc1-c1ccc(F)cc1. The quantitative estimate of drug-likeness (QED) is 0.773. The van der Waals surface area contributed by atoms with Crippen LogP contribution in [0.3, 0.4) is 0 Å². The Balaban J connectivity index is 2.44. The zero-order chi connectivity index (χ0) is 10.8. The first-order valence-corrected chi connectivity index (χ1v) is 5.23. The van der Waals surface area contributed by atoms with Gasteiger partial charge in [0.25, 0.3) is 0 Å². The fourth-order valence-corrected chi connectivity index (χ4v) is 1.65. The zero-order valence-corrected chi connectivity index (χ0v) is 9.21. The average molecular weight is 222 g/mol. The van der Waals surface area contributed by atoms with E-state index in [1.54, 1.807) is 16.8 Å². The number of aromatic nitrogens is 2. The molecule has 0 aliphatic rings. The van der Waals surface area contributed by atoms with Crippen LogP contribution in [0.2, 0.25) is 0 Å². The molecule has 0 radical (unpaired) electrons. The van der Waals surface area contributed by atoms with E-state index in [9.17, 15) is 4.39 Å². The minimum Gasteiger partial charge on any atom is -0.268 e.